The Balaban J connectivity index is 1.76. The van der Waals surface area contributed by atoms with Gasteiger partial charge in [0.1, 0.15) is 30.5 Å². The largest absolute Gasteiger partial charge is 0.491 e. The first-order chi connectivity index (χ1) is 13.8. The van der Waals surface area contributed by atoms with Crippen LogP contribution in [0, 0.1) is 5.92 Å². The average molecular weight is 399 g/mol. The maximum Gasteiger partial charge on any atom is 0.404 e. The van der Waals surface area contributed by atoms with E-state index in [1.807, 2.05) is 32.0 Å². The molecule has 1 aliphatic rings. The van der Waals surface area contributed by atoms with Gasteiger partial charge in [-0.1, -0.05) is 19.9 Å². The molecule has 2 aromatic rings. The lowest BCUT2D eigenvalue weighted by Gasteiger charge is -2.23. The highest BCUT2D eigenvalue weighted by molar-refractivity contribution is 5.89. The lowest BCUT2D eigenvalue weighted by atomic mass is 9.97. The molecule has 2 heterocycles. The second-order valence-electron chi connectivity index (χ2n) is 7.44. The molecule has 1 aliphatic heterocycles. The topological polar surface area (TPSA) is 110 Å². The van der Waals surface area contributed by atoms with E-state index < -0.39 is 6.09 Å². The third-order valence-electron chi connectivity index (χ3n) is 4.46. The monoisotopic (exact) mass is 399 g/mol. The second-order valence-corrected chi connectivity index (χ2v) is 7.44. The van der Waals surface area contributed by atoms with Crippen LogP contribution in [0.5, 0.6) is 11.5 Å². The third kappa shape index (κ3) is 5.37. The Kier molecular flexibility index (Phi) is 6.21. The molecule has 1 unspecified atom stereocenters. The summed E-state index contributed by atoms with van der Waals surface area (Å²) in [6, 6.07) is 7.17. The van der Waals surface area contributed by atoms with Gasteiger partial charge in [-0.3, -0.25) is 4.79 Å². The summed E-state index contributed by atoms with van der Waals surface area (Å²) in [6.45, 7) is 6.13. The van der Waals surface area contributed by atoms with E-state index in [9.17, 15) is 9.59 Å². The first-order valence-electron chi connectivity index (χ1n) is 9.47. The fraction of sp³-hybridized carbons (Fsp3) is 0.381. The number of rotatable bonds is 7. The zero-order valence-electron chi connectivity index (χ0n) is 16.7. The van der Waals surface area contributed by atoms with Crippen molar-refractivity contribution in [3.05, 3.63) is 36.0 Å². The Morgan fingerprint density at radius 2 is 2.07 bits per heavy atom. The number of hydrogen-bond acceptors (Lipinski definition) is 5. The number of anilines is 1. The molecule has 8 heteroatoms. The van der Waals surface area contributed by atoms with Crippen molar-refractivity contribution in [2.75, 3.05) is 11.9 Å². The van der Waals surface area contributed by atoms with Gasteiger partial charge in [-0.25, -0.2) is 9.78 Å². The number of benzene rings is 1. The van der Waals surface area contributed by atoms with E-state index in [1.165, 1.54) is 6.92 Å². The van der Waals surface area contributed by atoms with Gasteiger partial charge in [0.25, 0.3) is 0 Å². The van der Waals surface area contributed by atoms with Gasteiger partial charge in [-0.2, -0.15) is 0 Å². The number of carboxylic acid groups (broad SMARTS) is 1. The van der Waals surface area contributed by atoms with Gasteiger partial charge in [-0.15, -0.1) is 0 Å². The van der Waals surface area contributed by atoms with Crippen LogP contribution in [0.1, 0.15) is 32.8 Å². The molecule has 3 N–H and O–H groups in total. The lowest BCUT2D eigenvalue weighted by Crippen LogP contribution is -2.39. The summed E-state index contributed by atoms with van der Waals surface area (Å²) in [7, 11) is 0. The van der Waals surface area contributed by atoms with Crippen molar-refractivity contribution in [2.45, 2.75) is 39.8 Å². The SMILES string of the molecule is CC(=O)Nc1cc2c(cn1)OCc1cc(OCC(CC(C)C)NC(=O)O)ccc1-2. The van der Waals surface area contributed by atoms with Crippen molar-refractivity contribution in [2.24, 2.45) is 5.92 Å². The number of aromatic nitrogens is 1. The molecule has 0 spiro atoms. The van der Waals surface area contributed by atoms with E-state index in [4.69, 9.17) is 14.6 Å². The molecule has 0 aliphatic carbocycles. The van der Waals surface area contributed by atoms with Crippen molar-refractivity contribution in [1.82, 2.24) is 10.3 Å². The summed E-state index contributed by atoms with van der Waals surface area (Å²) in [5, 5.41) is 14.2. The van der Waals surface area contributed by atoms with E-state index in [2.05, 4.69) is 15.6 Å². The van der Waals surface area contributed by atoms with Gasteiger partial charge in [-0.05, 0) is 36.1 Å². The van der Waals surface area contributed by atoms with Gasteiger partial charge in [0.05, 0.1) is 12.2 Å². The third-order valence-corrected chi connectivity index (χ3v) is 4.46. The summed E-state index contributed by atoms with van der Waals surface area (Å²) in [4.78, 5) is 26.5. The number of carbonyl (C=O) groups is 2. The highest BCUT2D eigenvalue weighted by atomic mass is 16.5. The van der Waals surface area contributed by atoms with E-state index in [0.717, 1.165) is 16.7 Å². The smallest absolute Gasteiger partial charge is 0.404 e. The number of ether oxygens (including phenoxy) is 2. The van der Waals surface area contributed by atoms with Gasteiger partial charge >= 0.3 is 6.09 Å². The molecular formula is C21H25N3O5. The highest BCUT2D eigenvalue weighted by Gasteiger charge is 2.20. The Labute approximate surface area is 169 Å². The normalized spacial score (nSPS) is 13.0. The van der Waals surface area contributed by atoms with Crippen molar-refractivity contribution < 1.29 is 24.2 Å². The van der Waals surface area contributed by atoms with Crippen LogP contribution in [0.4, 0.5) is 10.6 Å². The van der Waals surface area contributed by atoms with Crippen molar-refractivity contribution in [1.29, 1.82) is 0 Å². The highest BCUT2D eigenvalue weighted by Crippen LogP contribution is 2.39. The Bertz CT molecular complexity index is 913. The molecule has 1 aromatic carbocycles. The van der Waals surface area contributed by atoms with Crippen LogP contribution >= 0.6 is 0 Å². The molecule has 0 saturated carbocycles. The minimum atomic E-state index is -1.06. The van der Waals surface area contributed by atoms with Gasteiger partial charge in [0.15, 0.2) is 0 Å². The average Bonchev–Trinajstić information content (AvgIpc) is 2.64. The summed E-state index contributed by atoms with van der Waals surface area (Å²) in [5.74, 6) is 1.92. The first-order valence-corrected chi connectivity index (χ1v) is 9.47. The van der Waals surface area contributed by atoms with E-state index in [0.29, 0.717) is 36.3 Å². The van der Waals surface area contributed by atoms with Gasteiger partial charge in [0, 0.05) is 18.1 Å². The fourth-order valence-electron chi connectivity index (χ4n) is 3.32. The summed E-state index contributed by atoms with van der Waals surface area (Å²) in [6.07, 6.45) is 1.23. The molecular weight excluding hydrogens is 374 g/mol. The van der Waals surface area contributed by atoms with E-state index in [-0.39, 0.29) is 18.6 Å². The van der Waals surface area contributed by atoms with Gasteiger partial charge in [0.2, 0.25) is 5.91 Å². The Morgan fingerprint density at radius 1 is 1.28 bits per heavy atom. The van der Waals surface area contributed by atoms with Crippen LogP contribution in [0.25, 0.3) is 11.1 Å². The molecule has 8 nitrogen and oxygen atoms in total. The van der Waals surface area contributed by atoms with Crippen molar-refractivity contribution in [3.63, 3.8) is 0 Å². The van der Waals surface area contributed by atoms with E-state index in [1.54, 1.807) is 12.3 Å². The molecule has 29 heavy (non-hydrogen) atoms. The Morgan fingerprint density at radius 3 is 2.76 bits per heavy atom. The number of amides is 2. The minimum Gasteiger partial charge on any atom is -0.491 e. The lowest BCUT2D eigenvalue weighted by molar-refractivity contribution is -0.114. The number of nitrogens with one attached hydrogen (secondary N) is 2. The predicted molar refractivity (Wildman–Crippen MR) is 108 cm³/mol. The Hall–Kier alpha value is -3.29. The fourth-order valence-corrected chi connectivity index (χ4v) is 3.32. The molecule has 3 rings (SSSR count). The minimum absolute atomic E-state index is 0.191. The molecule has 1 atom stereocenters. The molecule has 2 amide bonds. The molecule has 0 fully saturated rings. The van der Waals surface area contributed by atoms with Gasteiger partial charge < -0.3 is 25.2 Å². The number of hydrogen-bond donors (Lipinski definition) is 3. The van der Waals surface area contributed by atoms with Crippen LogP contribution < -0.4 is 20.1 Å². The predicted octanol–water partition coefficient (Wildman–Crippen LogP) is 3.66. The zero-order chi connectivity index (χ0) is 21.0. The van der Waals surface area contributed by atoms with E-state index >= 15 is 0 Å². The number of nitrogens with zero attached hydrogens (tertiary/aromatic N) is 1. The summed E-state index contributed by atoms with van der Waals surface area (Å²) < 4.78 is 11.6. The molecule has 0 bridgehead atoms. The number of carbonyl (C=O) groups excluding carboxylic acids is 1. The van der Waals surface area contributed by atoms with Crippen LogP contribution in [-0.4, -0.2) is 34.7 Å². The van der Waals surface area contributed by atoms with Crippen LogP contribution in [-0.2, 0) is 11.4 Å². The first kappa shape index (κ1) is 20.4. The van der Waals surface area contributed by atoms with Crippen LogP contribution in [0.15, 0.2) is 30.5 Å². The zero-order valence-corrected chi connectivity index (χ0v) is 16.7. The summed E-state index contributed by atoms with van der Waals surface area (Å²) in [5.41, 5.74) is 2.78. The standard InChI is InChI=1S/C21H25N3O5/c1-12(2)6-15(24-21(26)27)11-28-16-4-5-17-14(7-16)10-29-19-9-22-20(8-18(17)19)23-13(3)25/h4-5,7-9,12,15,24H,6,10-11H2,1-3H3,(H,26,27)(H,22,23,25). The van der Waals surface area contributed by atoms with Crippen LogP contribution in [0.3, 0.4) is 0 Å². The number of fused-ring (bicyclic) bond motifs is 3. The molecule has 1 aromatic heterocycles. The summed E-state index contributed by atoms with van der Waals surface area (Å²) >= 11 is 0. The molecule has 0 radical (unpaired) electrons. The maximum atomic E-state index is 11.3. The number of pyridine rings is 1. The van der Waals surface area contributed by atoms with Crippen LogP contribution in [0.2, 0.25) is 0 Å². The molecule has 0 saturated heterocycles. The van der Waals surface area contributed by atoms with Crippen molar-refractivity contribution >= 4 is 17.8 Å². The quantitative estimate of drug-likeness (QED) is 0.655. The second kappa shape index (κ2) is 8.81. The molecule has 154 valence electrons. The maximum absolute atomic E-state index is 11.3. The van der Waals surface area contributed by atoms with Crippen molar-refractivity contribution in [3.8, 4) is 22.6 Å².